The van der Waals surface area contributed by atoms with Gasteiger partial charge in [-0.3, -0.25) is 4.79 Å². The van der Waals surface area contributed by atoms with Gasteiger partial charge < -0.3 is 21.7 Å². The lowest BCUT2D eigenvalue weighted by Crippen LogP contribution is -2.52. The zero-order valence-corrected chi connectivity index (χ0v) is 17.3. The van der Waals surface area contributed by atoms with Crippen LogP contribution in [0.4, 0.5) is 16.2 Å². The Balaban J connectivity index is 0.00000392. The Hall–Kier alpha value is -2.57. The molecule has 28 heavy (non-hydrogen) atoms. The largest absolute Gasteiger partial charge is 0.346 e. The first-order valence-electron chi connectivity index (χ1n) is 9.07. The number of rotatable bonds is 7. The van der Waals surface area contributed by atoms with Crippen LogP contribution in [0.25, 0.3) is 0 Å². The topological polar surface area (TPSA) is 96.2 Å². The summed E-state index contributed by atoms with van der Waals surface area (Å²) in [4.78, 5) is 24.5. The van der Waals surface area contributed by atoms with Gasteiger partial charge in [-0.2, -0.15) is 0 Å². The highest BCUT2D eigenvalue weighted by molar-refractivity contribution is 6.00. The summed E-state index contributed by atoms with van der Waals surface area (Å²) in [5.74, 6) is 0.248. The van der Waals surface area contributed by atoms with Crippen LogP contribution in [0.1, 0.15) is 37.6 Å². The quantitative estimate of drug-likeness (QED) is 0.555. The monoisotopic (exact) mass is 404 g/mol. The van der Waals surface area contributed by atoms with Crippen molar-refractivity contribution in [1.29, 1.82) is 0 Å². The van der Waals surface area contributed by atoms with Crippen molar-refractivity contribution in [3.05, 3.63) is 60.2 Å². The molecular formula is C21H29ClN4O2. The molecule has 5 N–H and O–H groups in total. The summed E-state index contributed by atoms with van der Waals surface area (Å²) < 4.78 is 0. The van der Waals surface area contributed by atoms with Crippen LogP contribution in [0.3, 0.4) is 0 Å². The molecule has 2 rings (SSSR count). The van der Waals surface area contributed by atoms with Gasteiger partial charge in [-0.15, -0.1) is 12.4 Å². The number of anilines is 2. The van der Waals surface area contributed by atoms with Crippen LogP contribution >= 0.6 is 12.4 Å². The molecule has 152 valence electrons. The maximum atomic E-state index is 12.5. The summed E-state index contributed by atoms with van der Waals surface area (Å²) in [6.07, 6.45) is 0.800. The van der Waals surface area contributed by atoms with Crippen molar-refractivity contribution in [2.45, 2.75) is 32.7 Å². The van der Waals surface area contributed by atoms with E-state index in [1.807, 2.05) is 25.1 Å². The first-order valence-corrected chi connectivity index (χ1v) is 9.07. The van der Waals surface area contributed by atoms with Gasteiger partial charge in [-0.25, -0.2) is 4.79 Å². The molecule has 2 aromatic carbocycles. The molecular weight excluding hydrogens is 376 g/mol. The van der Waals surface area contributed by atoms with Crippen molar-refractivity contribution in [1.82, 2.24) is 5.32 Å². The minimum absolute atomic E-state index is 0. The van der Waals surface area contributed by atoms with Gasteiger partial charge in [0.15, 0.2) is 0 Å². The fourth-order valence-corrected chi connectivity index (χ4v) is 2.95. The number of carbonyl (C=O) groups is 2. The summed E-state index contributed by atoms with van der Waals surface area (Å²) >= 11 is 0. The van der Waals surface area contributed by atoms with E-state index in [9.17, 15) is 9.59 Å². The molecule has 0 bridgehead atoms. The van der Waals surface area contributed by atoms with E-state index < -0.39 is 5.54 Å². The highest BCUT2D eigenvalue weighted by atomic mass is 35.5. The Labute approximate surface area is 172 Å². The number of urea groups is 1. The van der Waals surface area contributed by atoms with Crippen molar-refractivity contribution in [2.24, 2.45) is 11.7 Å². The molecule has 0 aromatic heterocycles. The van der Waals surface area contributed by atoms with E-state index in [0.717, 1.165) is 6.42 Å². The van der Waals surface area contributed by atoms with E-state index in [2.05, 4.69) is 29.8 Å². The van der Waals surface area contributed by atoms with Gasteiger partial charge in [-0.05, 0) is 55.7 Å². The maximum absolute atomic E-state index is 12.5. The Morgan fingerprint density at radius 2 is 1.50 bits per heavy atom. The molecule has 0 saturated heterocycles. The number of para-hydroxylation sites is 1. The summed E-state index contributed by atoms with van der Waals surface area (Å²) in [6.45, 7) is 6.52. The van der Waals surface area contributed by atoms with Gasteiger partial charge in [0.1, 0.15) is 0 Å². The highest BCUT2D eigenvalue weighted by Crippen LogP contribution is 2.17. The van der Waals surface area contributed by atoms with E-state index >= 15 is 0 Å². The average Bonchev–Trinajstić information content (AvgIpc) is 2.62. The number of nitrogens with one attached hydrogen (secondary N) is 3. The van der Waals surface area contributed by atoms with Gasteiger partial charge in [-0.1, -0.05) is 32.0 Å². The van der Waals surface area contributed by atoms with Gasteiger partial charge >= 0.3 is 6.03 Å². The number of carbonyl (C=O) groups excluding carboxylic acids is 2. The number of hydrogen-bond donors (Lipinski definition) is 4. The van der Waals surface area contributed by atoms with Crippen LogP contribution < -0.4 is 21.7 Å². The third-order valence-corrected chi connectivity index (χ3v) is 4.16. The molecule has 1 atom stereocenters. The van der Waals surface area contributed by atoms with Crippen LogP contribution in [0, 0.1) is 5.92 Å². The van der Waals surface area contributed by atoms with Gasteiger partial charge in [0, 0.05) is 29.0 Å². The Bertz CT molecular complexity index is 766. The van der Waals surface area contributed by atoms with Crippen LogP contribution in [0.15, 0.2) is 54.6 Å². The Kier molecular flexibility index (Phi) is 8.96. The second kappa shape index (κ2) is 10.7. The molecule has 0 aliphatic heterocycles. The molecule has 1 unspecified atom stereocenters. The molecule has 3 amide bonds. The molecule has 0 aliphatic carbocycles. The first kappa shape index (κ1) is 23.5. The third-order valence-electron chi connectivity index (χ3n) is 4.16. The number of halogens is 1. The van der Waals surface area contributed by atoms with Gasteiger partial charge in [0.05, 0.1) is 0 Å². The van der Waals surface area contributed by atoms with E-state index in [-0.39, 0.29) is 24.3 Å². The Morgan fingerprint density at radius 1 is 0.964 bits per heavy atom. The summed E-state index contributed by atoms with van der Waals surface area (Å²) in [5, 5.41) is 8.50. The second-order valence-electron chi connectivity index (χ2n) is 7.34. The first-order chi connectivity index (χ1) is 12.8. The lowest BCUT2D eigenvalue weighted by atomic mass is 9.90. The Morgan fingerprint density at radius 3 is 2.00 bits per heavy atom. The van der Waals surface area contributed by atoms with Gasteiger partial charge in [0.25, 0.3) is 5.91 Å². The van der Waals surface area contributed by atoms with Crippen LogP contribution in [-0.2, 0) is 0 Å². The van der Waals surface area contributed by atoms with E-state index in [4.69, 9.17) is 5.73 Å². The van der Waals surface area contributed by atoms with Crippen molar-refractivity contribution in [3.63, 3.8) is 0 Å². The van der Waals surface area contributed by atoms with Crippen molar-refractivity contribution < 1.29 is 9.59 Å². The molecule has 0 radical (unpaired) electrons. The molecule has 0 saturated carbocycles. The molecule has 7 heteroatoms. The van der Waals surface area contributed by atoms with E-state index in [1.165, 1.54) is 0 Å². The van der Waals surface area contributed by atoms with Crippen molar-refractivity contribution >= 4 is 35.7 Å². The molecule has 0 heterocycles. The number of nitrogens with two attached hydrogens (primary N) is 1. The van der Waals surface area contributed by atoms with Crippen molar-refractivity contribution in [3.8, 4) is 0 Å². The molecule has 0 aliphatic rings. The summed E-state index contributed by atoms with van der Waals surface area (Å²) in [5.41, 5.74) is 7.24. The number of amides is 3. The lowest BCUT2D eigenvalue weighted by molar-refractivity contribution is 0.0898. The normalized spacial score (nSPS) is 12.5. The third kappa shape index (κ3) is 7.21. The summed E-state index contributed by atoms with van der Waals surface area (Å²) in [6, 6.07) is 15.6. The summed E-state index contributed by atoms with van der Waals surface area (Å²) in [7, 11) is 0. The van der Waals surface area contributed by atoms with Crippen LogP contribution in [0.2, 0.25) is 0 Å². The fraction of sp³-hybridized carbons (Fsp3) is 0.333. The van der Waals surface area contributed by atoms with Gasteiger partial charge in [0.2, 0.25) is 0 Å². The smallest absolute Gasteiger partial charge is 0.323 e. The molecule has 0 fully saturated rings. The second-order valence-corrected chi connectivity index (χ2v) is 7.34. The molecule has 6 nitrogen and oxygen atoms in total. The fourth-order valence-electron chi connectivity index (χ4n) is 2.95. The zero-order chi connectivity index (χ0) is 19.9. The lowest BCUT2D eigenvalue weighted by Gasteiger charge is -2.31. The number of benzene rings is 2. The van der Waals surface area contributed by atoms with E-state index in [1.54, 1.807) is 36.4 Å². The maximum Gasteiger partial charge on any atom is 0.323 e. The highest BCUT2D eigenvalue weighted by Gasteiger charge is 2.26. The van der Waals surface area contributed by atoms with Crippen LogP contribution in [-0.4, -0.2) is 24.0 Å². The molecule has 0 spiro atoms. The predicted molar refractivity (Wildman–Crippen MR) is 117 cm³/mol. The standard InChI is InChI=1S/C21H28N4O2.ClH/c1-15(2)13-21(3,14-22)25-19(26)16-9-11-18(12-10-16)24-20(27)23-17-7-5-4-6-8-17;/h4-12,15H,13-14,22H2,1-3H3,(H,25,26)(H2,23,24,27);1H. The minimum atomic E-state index is -0.447. The van der Waals surface area contributed by atoms with E-state index in [0.29, 0.717) is 29.4 Å². The SMILES string of the molecule is CC(C)CC(C)(CN)NC(=O)c1ccc(NC(=O)Nc2ccccc2)cc1.Cl. The zero-order valence-electron chi connectivity index (χ0n) is 16.5. The molecule has 2 aromatic rings. The average molecular weight is 405 g/mol. The predicted octanol–water partition coefficient (Wildman–Crippen LogP) is 4.25. The minimum Gasteiger partial charge on any atom is -0.346 e. The number of hydrogen-bond acceptors (Lipinski definition) is 3. The van der Waals surface area contributed by atoms with Crippen LogP contribution in [0.5, 0.6) is 0 Å². The van der Waals surface area contributed by atoms with Crippen molar-refractivity contribution in [2.75, 3.05) is 17.2 Å².